The molecule has 0 spiro atoms. The quantitative estimate of drug-likeness (QED) is 0.213. The summed E-state index contributed by atoms with van der Waals surface area (Å²) >= 11 is 0. The van der Waals surface area contributed by atoms with E-state index in [1.54, 1.807) is 0 Å². The molecule has 0 bridgehead atoms. The monoisotopic (exact) mass is 529 g/mol. The van der Waals surface area contributed by atoms with Crippen molar-refractivity contribution in [2.75, 3.05) is 4.90 Å². The van der Waals surface area contributed by atoms with E-state index in [0.717, 1.165) is 11.5 Å². The zero-order chi connectivity index (χ0) is 27.3. The normalized spacial score (nSPS) is 22.8. The molecule has 5 aromatic rings. The molecular weight excluding hydrogens is 497 g/mol. The highest BCUT2D eigenvalue weighted by atomic mass is 16.5. The van der Waals surface area contributed by atoms with Crippen LogP contribution in [0.5, 0.6) is 11.5 Å². The lowest BCUT2D eigenvalue weighted by Crippen LogP contribution is -2.63. The van der Waals surface area contributed by atoms with Gasteiger partial charge in [-0.3, -0.25) is 0 Å². The molecule has 1 aliphatic carbocycles. The molecule has 3 heteroatoms. The van der Waals surface area contributed by atoms with Crippen molar-refractivity contribution in [3.05, 3.63) is 115 Å². The predicted octanol–water partition coefficient (Wildman–Crippen LogP) is 7.70. The molecule has 198 valence electrons. The lowest BCUT2D eigenvalue weighted by atomic mass is 9.34. The number of anilines is 2. The van der Waals surface area contributed by atoms with E-state index in [4.69, 9.17) is 4.74 Å². The SMILES string of the molecule is CC12CCCC[C@@]1(C)c1cccc3c1N2c1cc(-c2cccc(-c4ccccc4)c2)cc2c1B3c1ccccc1O2. The second-order valence-corrected chi connectivity index (χ2v) is 12.8. The van der Waals surface area contributed by atoms with Gasteiger partial charge in [0.1, 0.15) is 11.5 Å². The van der Waals surface area contributed by atoms with Gasteiger partial charge in [0.2, 0.25) is 0 Å². The molecule has 3 heterocycles. The van der Waals surface area contributed by atoms with Crippen molar-refractivity contribution in [2.24, 2.45) is 0 Å². The molecule has 2 atom stereocenters. The molecule has 0 N–H and O–H groups in total. The summed E-state index contributed by atoms with van der Waals surface area (Å²) in [5.74, 6) is 1.97. The number of nitrogens with zero attached hydrogens (tertiary/aromatic N) is 1. The summed E-state index contributed by atoms with van der Waals surface area (Å²) in [5, 5.41) is 0. The van der Waals surface area contributed by atoms with Crippen LogP contribution in [0.25, 0.3) is 22.3 Å². The molecular formula is C38H32BNO. The Balaban J connectivity index is 1.33. The maximum absolute atomic E-state index is 6.79. The Bertz CT molecular complexity index is 1880. The minimum Gasteiger partial charge on any atom is -0.458 e. The van der Waals surface area contributed by atoms with Gasteiger partial charge in [-0.2, -0.15) is 0 Å². The van der Waals surface area contributed by atoms with Crippen LogP contribution in [0.4, 0.5) is 11.4 Å². The minimum atomic E-state index is 0.0178. The smallest absolute Gasteiger partial charge is 0.256 e. The number of para-hydroxylation sites is 2. The third-order valence-corrected chi connectivity index (χ3v) is 10.9. The van der Waals surface area contributed by atoms with Crippen molar-refractivity contribution in [2.45, 2.75) is 50.5 Å². The number of ether oxygens (including phenoxy) is 1. The predicted molar refractivity (Wildman–Crippen MR) is 171 cm³/mol. The van der Waals surface area contributed by atoms with Gasteiger partial charge >= 0.3 is 0 Å². The van der Waals surface area contributed by atoms with Crippen molar-refractivity contribution in [3.63, 3.8) is 0 Å². The zero-order valence-electron chi connectivity index (χ0n) is 23.7. The van der Waals surface area contributed by atoms with Gasteiger partial charge in [-0.15, -0.1) is 0 Å². The van der Waals surface area contributed by atoms with E-state index in [-0.39, 0.29) is 17.7 Å². The highest BCUT2D eigenvalue weighted by Crippen LogP contribution is 2.61. The van der Waals surface area contributed by atoms with Crippen molar-refractivity contribution in [1.29, 1.82) is 0 Å². The fourth-order valence-electron chi connectivity index (χ4n) is 8.65. The average Bonchev–Trinajstić information content (AvgIpc) is 3.23. The van der Waals surface area contributed by atoms with Crippen molar-refractivity contribution in [1.82, 2.24) is 0 Å². The summed E-state index contributed by atoms with van der Waals surface area (Å²) in [6, 6.07) is 40.2. The molecule has 0 aromatic heterocycles. The number of hydrogen-bond donors (Lipinski definition) is 0. The highest BCUT2D eigenvalue weighted by molar-refractivity contribution is 6.99. The van der Waals surface area contributed by atoms with Crippen LogP contribution in [-0.4, -0.2) is 12.3 Å². The second-order valence-electron chi connectivity index (χ2n) is 12.8. The maximum atomic E-state index is 6.79. The minimum absolute atomic E-state index is 0.0178. The van der Waals surface area contributed by atoms with Crippen LogP contribution in [0.15, 0.2) is 109 Å². The molecule has 1 unspecified atom stereocenters. The molecule has 4 aliphatic rings. The van der Waals surface area contributed by atoms with Gasteiger partial charge in [0.15, 0.2) is 0 Å². The largest absolute Gasteiger partial charge is 0.458 e. The fourth-order valence-corrected chi connectivity index (χ4v) is 8.65. The third-order valence-electron chi connectivity index (χ3n) is 10.9. The molecule has 1 fully saturated rings. The van der Waals surface area contributed by atoms with Gasteiger partial charge in [0.25, 0.3) is 6.71 Å². The molecule has 0 saturated heterocycles. The first kappa shape index (κ1) is 23.5. The van der Waals surface area contributed by atoms with Gasteiger partial charge in [-0.05, 0) is 88.2 Å². The molecule has 5 aromatic carbocycles. The van der Waals surface area contributed by atoms with Crippen LogP contribution < -0.4 is 26.0 Å². The standard InChI is InChI=1S/C38H32BNO/c1-37-20-8-9-21-38(37,2)40-32-23-28(27-15-10-14-26(22-27)25-12-4-3-5-13-25)24-34-35(32)39(30-17-6-7-19-33(30)41-34)31-18-11-16-29(37)36(31)40/h3-7,10-19,22-24H,8-9,20-21H2,1-2H3/t37-,38?/m0/s1. The van der Waals surface area contributed by atoms with Crippen molar-refractivity contribution >= 4 is 34.5 Å². The number of rotatable bonds is 2. The zero-order valence-corrected chi connectivity index (χ0v) is 23.7. The van der Waals surface area contributed by atoms with Gasteiger partial charge in [-0.1, -0.05) is 105 Å². The lowest BCUT2D eigenvalue weighted by molar-refractivity contribution is 0.195. The Morgan fingerprint density at radius 1 is 0.634 bits per heavy atom. The van der Waals surface area contributed by atoms with Crippen LogP contribution in [0, 0.1) is 0 Å². The molecule has 2 nitrogen and oxygen atoms in total. The fraction of sp³-hybridized carbons (Fsp3) is 0.211. The lowest BCUT2D eigenvalue weighted by Gasteiger charge is -2.52. The first-order valence-electron chi connectivity index (χ1n) is 15.1. The van der Waals surface area contributed by atoms with Gasteiger partial charge in [0, 0.05) is 16.8 Å². The first-order valence-corrected chi connectivity index (χ1v) is 15.1. The van der Waals surface area contributed by atoms with E-state index in [1.165, 1.54) is 81.3 Å². The van der Waals surface area contributed by atoms with E-state index in [0.29, 0.717) is 0 Å². The maximum Gasteiger partial charge on any atom is 0.256 e. The Morgan fingerprint density at radius 3 is 2.22 bits per heavy atom. The number of hydrogen-bond acceptors (Lipinski definition) is 2. The van der Waals surface area contributed by atoms with Crippen LogP contribution >= 0.6 is 0 Å². The van der Waals surface area contributed by atoms with Crippen molar-refractivity contribution in [3.8, 4) is 33.8 Å². The molecule has 9 rings (SSSR count). The van der Waals surface area contributed by atoms with Crippen LogP contribution in [0.2, 0.25) is 0 Å². The Hall–Kier alpha value is -4.24. The van der Waals surface area contributed by atoms with Crippen LogP contribution in [0.1, 0.15) is 45.1 Å². The Kier molecular flexibility index (Phi) is 4.67. The second kappa shape index (κ2) is 8.16. The summed E-state index contributed by atoms with van der Waals surface area (Å²) in [4.78, 5) is 2.76. The Morgan fingerprint density at radius 2 is 1.34 bits per heavy atom. The molecule has 41 heavy (non-hydrogen) atoms. The molecule has 0 radical (unpaired) electrons. The van der Waals surface area contributed by atoms with E-state index >= 15 is 0 Å². The molecule has 3 aliphatic heterocycles. The summed E-state index contributed by atoms with van der Waals surface area (Å²) in [7, 11) is 0. The van der Waals surface area contributed by atoms with Crippen LogP contribution in [0.3, 0.4) is 0 Å². The Labute approximate surface area is 242 Å². The first-order chi connectivity index (χ1) is 20.1. The van der Waals surface area contributed by atoms with E-state index < -0.39 is 0 Å². The molecule has 0 amide bonds. The summed E-state index contributed by atoms with van der Waals surface area (Å²) < 4.78 is 6.79. The summed E-state index contributed by atoms with van der Waals surface area (Å²) in [6.45, 7) is 5.24. The summed E-state index contributed by atoms with van der Waals surface area (Å²) in [5.41, 5.74) is 13.4. The van der Waals surface area contributed by atoms with E-state index in [1.807, 2.05) is 0 Å². The highest BCUT2D eigenvalue weighted by Gasteiger charge is 2.61. The van der Waals surface area contributed by atoms with Crippen LogP contribution in [-0.2, 0) is 5.41 Å². The molecule has 1 saturated carbocycles. The topological polar surface area (TPSA) is 12.5 Å². The van der Waals surface area contributed by atoms with Gasteiger partial charge in [0.05, 0.1) is 5.54 Å². The average molecular weight is 529 g/mol. The number of fused-ring (bicyclic) bond motifs is 7. The van der Waals surface area contributed by atoms with E-state index in [2.05, 4.69) is 128 Å². The van der Waals surface area contributed by atoms with E-state index in [9.17, 15) is 0 Å². The van der Waals surface area contributed by atoms with Gasteiger partial charge < -0.3 is 9.64 Å². The summed E-state index contributed by atoms with van der Waals surface area (Å²) in [6.07, 6.45) is 5.00. The third kappa shape index (κ3) is 2.99. The van der Waals surface area contributed by atoms with Crippen molar-refractivity contribution < 1.29 is 4.74 Å². The van der Waals surface area contributed by atoms with Gasteiger partial charge in [-0.25, -0.2) is 0 Å². The number of benzene rings is 5.